The van der Waals surface area contributed by atoms with Crippen molar-refractivity contribution in [2.24, 2.45) is 5.41 Å². The van der Waals surface area contributed by atoms with Gasteiger partial charge in [0.1, 0.15) is 0 Å². The van der Waals surface area contributed by atoms with Crippen LogP contribution in [0.15, 0.2) is 18.2 Å². The quantitative estimate of drug-likeness (QED) is 0.915. The minimum absolute atomic E-state index is 0.207. The van der Waals surface area contributed by atoms with Gasteiger partial charge in [-0.25, -0.2) is 0 Å². The van der Waals surface area contributed by atoms with Gasteiger partial charge in [-0.3, -0.25) is 4.79 Å². The van der Waals surface area contributed by atoms with Crippen molar-refractivity contribution in [3.05, 3.63) is 29.3 Å². The van der Waals surface area contributed by atoms with Crippen LogP contribution in [0.4, 0.5) is 5.69 Å². The maximum atomic E-state index is 13.0. The summed E-state index contributed by atoms with van der Waals surface area (Å²) < 4.78 is 0. The van der Waals surface area contributed by atoms with Crippen LogP contribution in [0.5, 0.6) is 0 Å². The number of benzene rings is 1. The van der Waals surface area contributed by atoms with E-state index < -0.39 is 0 Å². The number of aryl methyl sites for hydroxylation is 2. The topological polar surface area (TPSA) is 32.3 Å². The Kier molecular flexibility index (Phi) is 4.48. The summed E-state index contributed by atoms with van der Waals surface area (Å²) in [4.78, 5) is 14.8. The van der Waals surface area contributed by atoms with E-state index in [1.54, 1.807) is 0 Å². The molecule has 1 atom stereocenters. The molecule has 0 aliphatic carbocycles. The fraction of sp³-hybridized carbons (Fsp3) is 0.588. The molecule has 1 aliphatic rings. The Morgan fingerprint density at radius 2 is 1.95 bits per heavy atom. The average molecular weight is 274 g/mol. The lowest BCUT2D eigenvalue weighted by molar-refractivity contribution is -0.127. The number of anilines is 1. The summed E-state index contributed by atoms with van der Waals surface area (Å²) in [6, 6.07) is 6.32. The Morgan fingerprint density at radius 1 is 1.30 bits per heavy atom. The van der Waals surface area contributed by atoms with Gasteiger partial charge < -0.3 is 10.2 Å². The van der Waals surface area contributed by atoms with Crippen LogP contribution in [0.25, 0.3) is 0 Å². The van der Waals surface area contributed by atoms with Crippen LogP contribution in [0.2, 0.25) is 0 Å². The lowest BCUT2D eigenvalue weighted by Crippen LogP contribution is -2.43. The highest BCUT2D eigenvalue weighted by atomic mass is 16.2. The first kappa shape index (κ1) is 15.0. The van der Waals surface area contributed by atoms with E-state index in [4.69, 9.17) is 0 Å². The molecule has 1 saturated heterocycles. The molecule has 2 rings (SSSR count). The van der Waals surface area contributed by atoms with Gasteiger partial charge in [0, 0.05) is 19.3 Å². The van der Waals surface area contributed by atoms with Crippen LogP contribution in [-0.2, 0) is 4.79 Å². The molecule has 1 aliphatic heterocycles. The molecule has 1 fully saturated rings. The van der Waals surface area contributed by atoms with Gasteiger partial charge in [-0.2, -0.15) is 0 Å². The van der Waals surface area contributed by atoms with Crippen LogP contribution in [0.1, 0.15) is 37.3 Å². The SMILES string of the molecule is CCCC1(C(=O)N(C)c2cc(C)cc(C)c2)CCNC1. The Hall–Kier alpha value is -1.35. The number of carbonyl (C=O) groups is 1. The molecule has 110 valence electrons. The zero-order chi connectivity index (χ0) is 14.8. The minimum atomic E-state index is -0.207. The second-order valence-electron chi connectivity index (χ2n) is 6.17. The molecule has 20 heavy (non-hydrogen) atoms. The lowest BCUT2D eigenvalue weighted by Gasteiger charge is -2.32. The zero-order valence-corrected chi connectivity index (χ0v) is 13.1. The summed E-state index contributed by atoms with van der Waals surface area (Å²) in [7, 11) is 1.91. The summed E-state index contributed by atoms with van der Waals surface area (Å²) >= 11 is 0. The predicted octanol–water partition coefficient (Wildman–Crippen LogP) is 3.05. The predicted molar refractivity (Wildman–Crippen MR) is 84.2 cm³/mol. The van der Waals surface area contributed by atoms with E-state index in [-0.39, 0.29) is 11.3 Å². The first-order chi connectivity index (χ1) is 9.48. The van der Waals surface area contributed by atoms with Gasteiger partial charge in [0.2, 0.25) is 5.91 Å². The van der Waals surface area contributed by atoms with Crippen molar-refractivity contribution < 1.29 is 4.79 Å². The highest BCUT2D eigenvalue weighted by Gasteiger charge is 2.42. The van der Waals surface area contributed by atoms with E-state index in [1.165, 1.54) is 11.1 Å². The van der Waals surface area contributed by atoms with Crippen molar-refractivity contribution in [3.63, 3.8) is 0 Å². The second kappa shape index (κ2) is 5.96. The molecule has 0 saturated carbocycles. The number of rotatable bonds is 4. The van der Waals surface area contributed by atoms with E-state index >= 15 is 0 Å². The van der Waals surface area contributed by atoms with Crippen LogP contribution in [0.3, 0.4) is 0 Å². The summed E-state index contributed by atoms with van der Waals surface area (Å²) in [5, 5.41) is 3.36. The molecule has 1 amide bonds. The van der Waals surface area contributed by atoms with Crippen molar-refractivity contribution in [3.8, 4) is 0 Å². The fourth-order valence-corrected chi connectivity index (χ4v) is 3.34. The largest absolute Gasteiger partial charge is 0.316 e. The lowest BCUT2D eigenvalue weighted by atomic mass is 9.81. The molecular formula is C17H26N2O. The van der Waals surface area contributed by atoms with Crippen molar-refractivity contribution in [1.82, 2.24) is 5.32 Å². The molecule has 1 N–H and O–H groups in total. The molecule has 1 unspecified atom stereocenters. The third-order valence-electron chi connectivity index (χ3n) is 4.32. The highest BCUT2D eigenvalue weighted by molar-refractivity contribution is 5.97. The Bertz CT molecular complexity index is 470. The molecule has 3 heteroatoms. The van der Waals surface area contributed by atoms with Crippen molar-refractivity contribution in [1.29, 1.82) is 0 Å². The maximum absolute atomic E-state index is 13.0. The van der Waals surface area contributed by atoms with Gasteiger partial charge in [-0.05, 0) is 56.5 Å². The van der Waals surface area contributed by atoms with Gasteiger partial charge in [0.05, 0.1) is 5.41 Å². The van der Waals surface area contributed by atoms with Crippen LogP contribution in [0, 0.1) is 19.3 Å². The molecule has 0 radical (unpaired) electrons. The van der Waals surface area contributed by atoms with Crippen LogP contribution < -0.4 is 10.2 Å². The van der Waals surface area contributed by atoms with Gasteiger partial charge in [0.25, 0.3) is 0 Å². The summed E-state index contributed by atoms with van der Waals surface area (Å²) in [5.41, 5.74) is 3.21. The summed E-state index contributed by atoms with van der Waals surface area (Å²) in [5.74, 6) is 0.259. The summed E-state index contributed by atoms with van der Waals surface area (Å²) in [6.45, 7) is 8.08. The third-order valence-corrected chi connectivity index (χ3v) is 4.32. The molecule has 0 bridgehead atoms. The van der Waals surface area contributed by atoms with Crippen molar-refractivity contribution in [2.45, 2.75) is 40.0 Å². The molecule has 1 aromatic carbocycles. The number of nitrogens with one attached hydrogen (secondary N) is 1. The molecule has 0 aromatic heterocycles. The molecular weight excluding hydrogens is 248 g/mol. The standard InChI is InChI=1S/C17H26N2O/c1-5-6-17(7-8-18-12-17)16(20)19(4)15-10-13(2)9-14(3)11-15/h9-11,18H,5-8,12H2,1-4H3. The van der Waals surface area contributed by atoms with E-state index in [1.807, 2.05) is 11.9 Å². The monoisotopic (exact) mass is 274 g/mol. The Morgan fingerprint density at radius 3 is 2.45 bits per heavy atom. The number of amides is 1. The van der Waals surface area contributed by atoms with Gasteiger partial charge in [0.15, 0.2) is 0 Å². The zero-order valence-electron chi connectivity index (χ0n) is 13.1. The summed E-state index contributed by atoms with van der Waals surface area (Å²) in [6.07, 6.45) is 2.97. The second-order valence-corrected chi connectivity index (χ2v) is 6.17. The first-order valence-corrected chi connectivity index (χ1v) is 7.56. The first-order valence-electron chi connectivity index (χ1n) is 7.56. The fourth-order valence-electron chi connectivity index (χ4n) is 3.34. The minimum Gasteiger partial charge on any atom is -0.316 e. The number of hydrogen-bond acceptors (Lipinski definition) is 2. The van der Waals surface area contributed by atoms with E-state index in [2.05, 4.69) is 44.3 Å². The molecule has 1 aromatic rings. The van der Waals surface area contributed by atoms with Gasteiger partial charge >= 0.3 is 0 Å². The van der Waals surface area contributed by atoms with Crippen LogP contribution in [-0.4, -0.2) is 26.0 Å². The normalized spacial score (nSPS) is 22.0. The van der Waals surface area contributed by atoms with Gasteiger partial charge in [-0.1, -0.05) is 19.4 Å². The third kappa shape index (κ3) is 2.88. The Labute approximate surface area is 122 Å². The van der Waals surface area contributed by atoms with Crippen molar-refractivity contribution >= 4 is 11.6 Å². The van der Waals surface area contributed by atoms with Crippen LogP contribution >= 0.6 is 0 Å². The number of carbonyl (C=O) groups excluding carboxylic acids is 1. The highest BCUT2D eigenvalue weighted by Crippen LogP contribution is 2.34. The number of nitrogens with zero attached hydrogens (tertiary/aromatic N) is 1. The smallest absolute Gasteiger partial charge is 0.234 e. The average Bonchev–Trinajstić information content (AvgIpc) is 2.86. The molecule has 3 nitrogen and oxygen atoms in total. The Balaban J connectivity index is 2.26. The molecule has 0 spiro atoms. The number of hydrogen-bond donors (Lipinski definition) is 1. The van der Waals surface area contributed by atoms with Crippen molar-refractivity contribution in [2.75, 3.05) is 25.0 Å². The van der Waals surface area contributed by atoms with Gasteiger partial charge in [-0.15, -0.1) is 0 Å². The van der Waals surface area contributed by atoms with E-state index in [9.17, 15) is 4.79 Å². The van der Waals surface area contributed by atoms with E-state index in [0.29, 0.717) is 0 Å². The maximum Gasteiger partial charge on any atom is 0.234 e. The van der Waals surface area contributed by atoms with E-state index in [0.717, 1.165) is 38.0 Å². The molecule has 1 heterocycles.